The van der Waals surface area contributed by atoms with Gasteiger partial charge in [0.05, 0.1) is 22.1 Å². The van der Waals surface area contributed by atoms with Crippen molar-refractivity contribution in [2.75, 3.05) is 0 Å². The molecule has 0 N–H and O–H groups in total. The highest BCUT2D eigenvalue weighted by Gasteiger charge is 2.73. The molecule has 10 aromatic rings. The second-order valence-corrected chi connectivity index (χ2v) is 20.4. The van der Waals surface area contributed by atoms with Gasteiger partial charge in [-0.3, -0.25) is 0 Å². The minimum atomic E-state index is -0.721. The second kappa shape index (κ2) is 18.8. The molecule has 0 bridgehead atoms. The molecule has 3 heteroatoms. The number of hydrogen-bond acceptors (Lipinski definition) is 1. The van der Waals surface area contributed by atoms with Gasteiger partial charge in [-0.05, 0) is 155 Å². The third-order valence-electron chi connectivity index (χ3n) is 16.5. The monoisotopic (exact) mass is 934 g/mol. The molecule has 8 aromatic carbocycles. The highest BCUT2D eigenvalue weighted by Crippen LogP contribution is 2.57. The summed E-state index contributed by atoms with van der Waals surface area (Å²) in [5.41, 5.74) is 21.3. The quantitative estimate of drug-likeness (QED) is 0.0833. The van der Waals surface area contributed by atoms with Crippen molar-refractivity contribution in [1.82, 2.24) is 4.98 Å². The van der Waals surface area contributed by atoms with Gasteiger partial charge in [0.25, 0.3) is 0 Å². The van der Waals surface area contributed by atoms with Crippen molar-refractivity contribution in [2.45, 2.75) is 90.1 Å². The Kier molecular flexibility index (Phi) is 11.8. The van der Waals surface area contributed by atoms with Crippen molar-refractivity contribution in [1.29, 1.82) is 0 Å². The zero-order chi connectivity index (χ0) is 48.8. The van der Waals surface area contributed by atoms with Crippen molar-refractivity contribution >= 4 is 10.9 Å². The molecule has 1 atom stereocenters. The van der Waals surface area contributed by atoms with Crippen molar-refractivity contribution in [3.05, 3.63) is 246 Å². The molecule has 2 aliphatic heterocycles. The maximum Gasteiger partial charge on any atom is 0.346 e. The van der Waals surface area contributed by atoms with Crippen LogP contribution < -0.4 is 9.13 Å². The zero-order valence-corrected chi connectivity index (χ0v) is 42.2. The van der Waals surface area contributed by atoms with E-state index >= 15 is 0 Å². The zero-order valence-electron chi connectivity index (χ0n) is 42.2. The van der Waals surface area contributed by atoms with Gasteiger partial charge in [0.1, 0.15) is 10.9 Å². The van der Waals surface area contributed by atoms with Crippen LogP contribution in [0.25, 0.3) is 78.2 Å². The van der Waals surface area contributed by atoms with Crippen molar-refractivity contribution in [2.24, 2.45) is 0 Å². The topological polar surface area (TPSA) is 20.6 Å². The summed E-state index contributed by atoms with van der Waals surface area (Å²) in [4.78, 5) is 6.06. The predicted molar refractivity (Wildman–Crippen MR) is 298 cm³/mol. The molecular formula is C69H63N3+2. The number of nitrogens with zero attached hydrogens (tertiary/aromatic N) is 3. The molecule has 4 heterocycles. The molecule has 0 fully saturated rings. The number of aromatic nitrogens is 3. The van der Waals surface area contributed by atoms with Crippen LogP contribution in [0.2, 0.25) is 0 Å². The Morgan fingerprint density at radius 2 is 0.986 bits per heavy atom. The van der Waals surface area contributed by atoms with E-state index in [4.69, 9.17) is 4.98 Å². The Hall–Kier alpha value is -7.75. The number of aryl methyl sites for hydroxylation is 4. The molecule has 1 spiro atoms. The molecule has 1 unspecified atom stereocenters. The smallest absolute Gasteiger partial charge is 0.154 e. The average Bonchev–Trinajstić information content (AvgIpc) is 3.73. The van der Waals surface area contributed by atoms with E-state index in [1.165, 1.54) is 127 Å². The first-order chi connectivity index (χ1) is 35.4. The Morgan fingerprint density at radius 3 is 1.68 bits per heavy atom. The third kappa shape index (κ3) is 7.35. The van der Waals surface area contributed by atoms with E-state index in [9.17, 15) is 0 Å². The third-order valence-corrected chi connectivity index (χ3v) is 16.5. The van der Waals surface area contributed by atoms with Crippen LogP contribution >= 0.6 is 0 Å². The first-order valence-electron chi connectivity index (χ1n) is 26.5. The summed E-state index contributed by atoms with van der Waals surface area (Å²) in [5.74, 6) is 1.00. The average molecular weight is 934 g/mol. The van der Waals surface area contributed by atoms with Crippen LogP contribution in [0, 0.1) is 13.8 Å². The molecule has 2 aromatic heterocycles. The minimum absolute atomic E-state index is 0.395. The first-order valence-corrected chi connectivity index (χ1v) is 26.5. The van der Waals surface area contributed by atoms with Crippen LogP contribution in [0.4, 0.5) is 0 Å². The van der Waals surface area contributed by atoms with Crippen LogP contribution in [0.5, 0.6) is 0 Å². The van der Waals surface area contributed by atoms with E-state index in [0.717, 1.165) is 36.2 Å². The van der Waals surface area contributed by atoms with Gasteiger partial charge in [-0.2, -0.15) is 4.57 Å². The maximum absolute atomic E-state index is 6.06. The maximum atomic E-state index is 6.06. The molecule has 72 heavy (non-hydrogen) atoms. The summed E-state index contributed by atoms with van der Waals surface area (Å²) < 4.78 is 5.34. The van der Waals surface area contributed by atoms with Gasteiger partial charge >= 0.3 is 11.5 Å². The van der Waals surface area contributed by atoms with Gasteiger partial charge in [-0.25, -0.2) is 0 Å². The van der Waals surface area contributed by atoms with Crippen molar-refractivity contribution < 1.29 is 9.13 Å². The van der Waals surface area contributed by atoms with E-state index in [0.29, 0.717) is 0 Å². The van der Waals surface area contributed by atoms with Gasteiger partial charge in [0.15, 0.2) is 11.9 Å². The fourth-order valence-corrected chi connectivity index (χ4v) is 13.0. The molecule has 0 aliphatic carbocycles. The standard InChI is InChI=1S/C69H63N3/c1-5-68(6-2)61-40-37-57(54-35-23-30-51(44-54)29-13-8-7-12-26-50-27-14-9-15-28-50)45-58(61)63-36-20-21-43-71(63)69(68)62-41-38-55(52-31-16-10-17-32-52)46-59(62)67-70-66(65-48(3)24-22-25-49(65)4)60-47-56(39-42-64(60)72(67)69)53-33-18-11-19-34-53/h9-11,14-25,27-28,30-47H,5-8,12-13,26,29H2,1-4H3/q+2. The highest BCUT2D eigenvalue weighted by molar-refractivity contribution is 5.96. The lowest BCUT2D eigenvalue weighted by Crippen LogP contribution is -2.82. The fraction of sp³-hybridized carbons (Fsp3) is 0.203. The first kappa shape index (κ1) is 45.4. The van der Waals surface area contributed by atoms with Crippen LogP contribution in [0.3, 0.4) is 0 Å². The number of unbranched alkanes of at least 4 members (excludes halogenated alkanes) is 3. The summed E-state index contributed by atoms with van der Waals surface area (Å²) in [7, 11) is 0. The van der Waals surface area contributed by atoms with Gasteiger partial charge in [0, 0.05) is 17.7 Å². The molecule has 2 aliphatic rings. The van der Waals surface area contributed by atoms with E-state index < -0.39 is 11.1 Å². The number of fused-ring (bicyclic) bond motifs is 11. The molecule has 352 valence electrons. The molecule has 0 saturated carbocycles. The molecule has 3 nitrogen and oxygen atoms in total. The minimum Gasteiger partial charge on any atom is -0.154 e. The Labute approximate surface area is 426 Å². The number of hydrogen-bond donors (Lipinski definition) is 0. The van der Waals surface area contributed by atoms with Gasteiger partial charge in [-0.15, -0.1) is 4.57 Å². The summed E-state index contributed by atoms with van der Waals surface area (Å²) in [6.45, 7) is 9.33. The molecule has 0 saturated heterocycles. The Balaban J connectivity index is 1.05. The summed E-state index contributed by atoms with van der Waals surface area (Å²) in [6, 6.07) is 77.2. The molecular weight excluding hydrogens is 871 g/mol. The van der Waals surface area contributed by atoms with E-state index in [1.54, 1.807) is 0 Å². The van der Waals surface area contributed by atoms with Gasteiger partial charge in [-0.1, -0.05) is 184 Å². The lowest BCUT2D eigenvalue weighted by molar-refractivity contribution is -0.973. The molecule has 0 radical (unpaired) electrons. The van der Waals surface area contributed by atoms with Crippen LogP contribution in [0.15, 0.2) is 212 Å². The van der Waals surface area contributed by atoms with E-state index in [1.807, 2.05) is 0 Å². The second-order valence-electron chi connectivity index (χ2n) is 20.4. The van der Waals surface area contributed by atoms with E-state index in [2.05, 4.69) is 249 Å². The lowest BCUT2D eigenvalue weighted by atomic mass is 9.60. The fourth-order valence-electron chi connectivity index (χ4n) is 13.0. The van der Waals surface area contributed by atoms with Gasteiger partial charge < -0.3 is 0 Å². The summed E-state index contributed by atoms with van der Waals surface area (Å²) in [5, 5.41) is 1.15. The summed E-state index contributed by atoms with van der Waals surface area (Å²) >= 11 is 0. The number of benzene rings is 8. The summed E-state index contributed by atoms with van der Waals surface area (Å²) in [6.07, 6.45) is 11.4. The normalized spacial score (nSPS) is 15.0. The van der Waals surface area contributed by atoms with Crippen LogP contribution in [0.1, 0.15) is 85.8 Å². The SMILES string of the molecule is CCC1(CC)c2ccc(-c3cccc(CCCCCCc4ccccc4)c3)cc2-c2cccc[n+]2C12c1ccc(-c3ccccc3)cc1-c1nc(-c3c(C)cccc3C)c3cc(-c4ccccc4)ccc3[n+]12. The Morgan fingerprint density at radius 1 is 0.444 bits per heavy atom. The van der Waals surface area contributed by atoms with Crippen LogP contribution in [-0.4, -0.2) is 4.98 Å². The van der Waals surface area contributed by atoms with Crippen molar-refractivity contribution in [3.63, 3.8) is 0 Å². The van der Waals surface area contributed by atoms with Crippen LogP contribution in [-0.2, 0) is 23.9 Å². The van der Waals surface area contributed by atoms with Gasteiger partial charge in [0.2, 0.25) is 5.69 Å². The lowest BCUT2D eigenvalue weighted by Gasteiger charge is -2.46. The van der Waals surface area contributed by atoms with E-state index in [-0.39, 0.29) is 0 Å². The highest BCUT2D eigenvalue weighted by atomic mass is 15.3. The van der Waals surface area contributed by atoms with Crippen molar-refractivity contribution in [3.8, 4) is 67.3 Å². The molecule has 0 amide bonds. The predicted octanol–water partition coefficient (Wildman–Crippen LogP) is 16.4. The molecule has 12 rings (SSSR count). The Bertz CT molecular complexity index is 3610. The number of pyridine rings is 1. The largest absolute Gasteiger partial charge is 0.346 e. The number of rotatable bonds is 13.